The molecule has 1 aromatic carbocycles. The lowest BCUT2D eigenvalue weighted by Gasteiger charge is -1.99. The Labute approximate surface area is 112 Å². The van der Waals surface area contributed by atoms with Gasteiger partial charge in [-0.2, -0.15) is 0 Å². The molecular formula is C12H6Cl2N2S. The molecule has 0 N–H and O–H groups in total. The maximum Gasteiger partial charge on any atom is 0.150 e. The second kappa shape index (κ2) is 4.26. The van der Waals surface area contributed by atoms with Crippen molar-refractivity contribution >= 4 is 44.8 Å². The molecular weight excluding hydrogens is 275 g/mol. The number of hydrogen-bond acceptors (Lipinski definition) is 3. The van der Waals surface area contributed by atoms with E-state index in [1.54, 1.807) is 11.3 Å². The summed E-state index contributed by atoms with van der Waals surface area (Å²) in [6, 6.07) is 7.69. The van der Waals surface area contributed by atoms with Crippen molar-refractivity contribution in [2.75, 3.05) is 0 Å². The predicted octanol–water partition coefficient (Wildman–Crippen LogP) is 4.67. The summed E-state index contributed by atoms with van der Waals surface area (Å²) in [6.45, 7) is 0. The highest BCUT2D eigenvalue weighted by Crippen LogP contribution is 2.35. The first-order valence-corrected chi connectivity index (χ1v) is 6.53. The van der Waals surface area contributed by atoms with E-state index in [0.717, 1.165) is 21.3 Å². The number of aromatic nitrogens is 2. The van der Waals surface area contributed by atoms with Crippen molar-refractivity contribution in [2.45, 2.75) is 0 Å². The van der Waals surface area contributed by atoms with Gasteiger partial charge in [-0.15, -0.1) is 11.3 Å². The lowest BCUT2D eigenvalue weighted by atomic mass is 10.1. The molecule has 0 bridgehead atoms. The van der Waals surface area contributed by atoms with Gasteiger partial charge in [0, 0.05) is 16.0 Å². The third kappa shape index (κ3) is 1.90. The lowest BCUT2D eigenvalue weighted by molar-refractivity contribution is 1.23. The summed E-state index contributed by atoms with van der Waals surface area (Å²) in [5.41, 5.74) is 2.95. The van der Waals surface area contributed by atoms with E-state index in [4.69, 9.17) is 23.2 Å². The van der Waals surface area contributed by atoms with Crippen LogP contribution in [0.4, 0.5) is 0 Å². The molecule has 2 aromatic heterocycles. The van der Waals surface area contributed by atoms with Crippen molar-refractivity contribution in [3.63, 3.8) is 0 Å². The van der Waals surface area contributed by atoms with Gasteiger partial charge in [-0.05, 0) is 17.7 Å². The van der Waals surface area contributed by atoms with E-state index in [1.165, 1.54) is 6.33 Å². The van der Waals surface area contributed by atoms with Crippen LogP contribution in [0.3, 0.4) is 0 Å². The molecule has 0 aliphatic heterocycles. The monoisotopic (exact) mass is 280 g/mol. The molecule has 3 aromatic rings. The fourth-order valence-electron chi connectivity index (χ4n) is 1.68. The zero-order valence-electron chi connectivity index (χ0n) is 8.52. The summed E-state index contributed by atoms with van der Waals surface area (Å²) in [7, 11) is 0. The van der Waals surface area contributed by atoms with E-state index in [2.05, 4.69) is 9.97 Å². The second-order valence-electron chi connectivity index (χ2n) is 3.50. The van der Waals surface area contributed by atoms with Crippen molar-refractivity contribution in [3.05, 3.63) is 46.1 Å². The standard InChI is InChI=1S/C12H6Cl2N2S/c13-8-3-1-2-7(4-8)9-5-17-11-10(9)15-6-16-12(11)14/h1-6H. The van der Waals surface area contributed by atoms with Gasteiger partial charge in [0.1, 0.15) is 11.5 Å². The van der Waals surface area contributed by atoms with Gasteiger partial charge in [-0.25, -0.2) is 9.97 Å². The molecule has 17 heavy (non-hydrogen) atoms. The largest absolute Gasteiger partial charge is 0.235 e. The number of halogens is 2. The van der Waals surface area contributed by atoms with Gasteiger partial charge in [0.05, 0.1) is 10.2 Å². The van der Waals surface area contributed by atoms with Crippen LogP contribution in [-0.2, 0) is 0 Å². The van der Waals surface area contributed by atoms with Crippen LogP contribution in [-0.4, -0.2) is 9.97 Å². The minimum Gasteiger partial charge on any atom is -0.235 e. The number of hydrogen-bond donors (Lipinski definition) is 0. The van der Waals surface area contributed by atoms with Crippen LogP contribution in [0.5, 0.6) is 0 Å². The van der Waals surface area contributed by atoms with Gasteiger partial charge >= 0.3 is 0 Å². The lowest BCUT2D eigenvalue weighted by Crippen LogP contribution is -1.81. The zero-order chi connectivity index (χ0) is 11.8. The molecule has 84 valence electrons. The fourth-order valence-corrected chi connectivity index (χ4v) is 3.05. The molecule has 5 heteroatoms. The SMILES string of the molecule is Clc1cccc(-c2csc3c(Cl)ncnc23)c1. The average Bonchev–Trinajstić information content (AvgIpc) is 2.74. The number of thiophene rings is 1. The molecule has 2 nitrogen and oxygen atoms in total. The van der Waals surface area contributed by atoms with Crippen LogP contribution in [0, 0.1) is 0 Å². The molecule has 2 heterocycles. The highest BCUT2D eigenvalue weighted by atomic mass is 35.5. The minimum atomic E-state index is 0.494. The molecule has 0 amide bonds. The van der Waals surface area contributed by atoms with Crippen molar-refractivity contribution in [2.24, 2.45) is 0 Å². The van der Waals surface area contributed by atoms with E-state index in [1.807, 2.05) is 29.6 Å². The van der Waals surface area contributed by atoms with Gasteiger partial charge in [0.25, 0.3) is 0 Å². The van der Waals surface area contributed by atoms with Crippen molar-refractivity contribution < 1.29 is 0 Å². The molecule has 0 saturated heterocycles. The van der Waals surface area contributed by atoms with E-state index < -0.39 is 0 Å². The Hall–Kier alpha value is -1.16. The number of rotatable bonds is 1. The van der Waals surface area contributed by atoms with Gasteiger partial charge < -0.3 is 0 Å². The molecule has 0 atom stereocenters. The summed E-state index contributed by atoms with van der Waals surface area (Å²) in [5.74, 6) is 0. The predicted molar refractivity (Wildman–Crippen MR) is 72.9 cm³/mol. The van der Waals surface area contributed by atoms with Gasteiger partial charge in [-0.1, -0.05) is 35.3 Å². The van der Waals surface area contributed by atoms with Crippen molar-refractivity contribution in [1.82, 2.24) is 9.97 Å². The Bertz CT molecular complexity index is 694. The number of fused-ring (bicyclic) bond motifs is 1. The minimum absolute atomic E-state index is 0.494. The summed E-state index contributed by atoms with van der Waals surface area (Å²) < 4.78 is 0.907. The van der Waals surface area contributed by atoms with E-state index in [-0.39, 0.29) is 0 Å². The third-order valence-electron chi connectivity index (χ3n) is 2.45. The van der Waals surface area contributed by atoms with Gasteiger partial charge in [-0.3, -0.25) is 0 Å². The highest BCUT2D eigenvalue weighted by Gasteiger charge is 2.10. The van der Waals surface area contributed by atoms with E-state index in [9.17, 15) is 0 Å². The van der Waals surface area contributed by atoms with Crippen molar-refractivity contribution in [1.29, 1.82) is 0 Å². The molecule has 0 radical (unpaired) electrons. The average molecular weight is 281 g/mol. The quantitative estimate of drug-likeness (QED) is 0.606. The maximum atomic E-state index is 6.02. The molecule has 0 aliphatic rings. The van der Waals surface area contributed by atoms with E-state index in [0.29, 0.717) is 10.2 Å². The normalized spacial score (nSPS) is 10.9. The van der Waals surface area contributed by atoms with Gasteiger partial charge in [0.2, 0.25) is 0 Å². The topological polar surface area (TPSA) is 25.8 Å². The summed E-state index contributed by atoms with van der Waals surface area (Å²) >= 11 is 13.6. The smallest absolute Gasteiger partial charge is 0.150 e. The molecule has 0 unspecified atom stereocenters. The Morgan fingerprint density at radius 1 is 1.12 bits per heavy atom. The van der Waals surface area contributed by atoms with Crippen LogP contribution >= 0.6 is 34.5 Å². The second-order valence-corrected chi connectivity index (χ2v) is 5.18. The Morgan fingerprint density at radius 2 is 2.00 bits per heavy atom. The Balaban J connectivity index is 2.28. The highest BCUT2D eigenvalue weighted by molar-refractivity contribution is 7.18. The van der Waals surface area contributed by atoms with Crippen LogP contribution in [0.15, 0.2) is 36.0 Å². The van der Waals surface area contributed by atoms with Gasteiger partial charge in [0.15, 0.2) is 0 Å². The van der Waals surface area contributed by atoms with Crippen LogP contribution in [0.2, 0.25) is 10.2 Å². The maximum absolute atomic E-state index is 6.02. The van der Waals surface area contributed by atoms with E-state index >= 15 is 0 Å². The Morgan fingerprint density at radius 3 is 2.82 bits per heavy atom. The number of nitrogens with zero attached hydrogens (tertiary/aromatic N) is 2. The van der Waals surface area contributed by atoms with Crippen molar-refractivity contribution in [3.8, 4) is 11.1 Å². The van der Waals surface area contributed by atoms with Crippen LogP contribution in [0.1, 0.15) is 0 Å². The van der Waals surface area contributed by atoms with Crippen LogP contribution in [0.25, 0.3) is 21.3 Å². The molecule has 0 saturated carbocycles. The molecule has 3 rings (SSSR count). The first-order valence-electron chi connectivity index (χ1n) is 4.89. The first kappa shape index (κ1) is 11.0. The summed E-state index contributed by atoms with van der Waals surface area (Å²) in [6.07, 6.45) is 1.48. The number of benzene rings is 1. The fraction of sp³-hybridized carbons (Fsp3) is 0. The molecule has 0 aliphatic carbocycles. The Kier molecular flexibility index (Phi) is 2.74. The zero-order valence-corrected chi connectivity index (χ0v) is 10.9. The molecule has 0 fully saturated rings. The third-order valence-corrected chi connectivity index (χ3v) is 4.06. The first-order chi connectivity index (χ1) is 8.25. The molecule has 0 spiro atoms. The summed E-state index contributed by atoms with van der Waals surface area (Å²) in [4.78, 5) is 8.25. The van der Waals surface area contributed by atoms with Crippen LogP contribution < -0.4 is 0 Å². The summed E-state index contributed by atoms with van der Waals surface area (Å²) in [5, 5.41) is 3.23.